The summed E-state index contributed by atoms with van der Waals surface area (Å²) in [7, 11) is 0. The maximum atomic E-state index is 5.10. The number of rotatable bonds is 6. The van der Waals surface area contributed by atoms with Crippen molar-refractivity contribution >= 4 is 89.0 Å². The number of hydrogen-bond donors (Lipinski definition) is 0. The highest BCUT2D eigenvalue weighted by Crippen LogP contribution is 2.59. The van der Waals surface area contributed by atoms with Crippen LogP contribution in [0.5, 0.6) is 0 Å². The minimum atomic E-state index is -0.0734. The molecule has 0 saturated carbocycles. The van der Waals surface area contributed by atoms with E-state index in [1.165, 1.54) is 244 Å². The summed E-state index contributed by atoms with van der Waals surface area (Å²) in [5.74, 6) is 0.724. The average Bonchev–Trinajstić information content (AvgIpc) is 1.27. The van der Waals surface area contributed by atoms with Crippen LogP contribution in [0.3, 0.4) is 0 Å². The van der Waals surface area contributed by atoms with Gasteiger partial charge in [-0.2, -0.15) is 0 Å². The molecule has 13 aliphatic carbocycles. The SMILES string of the molecule is CC1(C)c2cc(C3=C4C=CC5=C6C(=CC=C(C=C3)C46)C3N=CC=CC3=C5)ccc2-c2ccc(-c3ccccc3)cc21.CC1=CC2=CC3=C4C(=CC=C5C=CC(c6ccc7c(c6)c6ccccc6n7-c6ccccc6)=C(C=C3)C54)C2N=C1.CC1=NC2C(=CC3=C4C2=CC=C2C=CC(c5c6ccccc6c(-c6cccc7ccccc67)c6ccccc56)=C(C=C3)C24)C=C1. The Bertz CT molecular complexity index is 8000. The van der Waals surface area contributed by atoms with Crippen molar-refractivity contribution in [3.63, 3.8) is 0 Å². The molecule has 0 amide bonds. The molecular weight excluding hydrogens is 1520 g/mol. The minimum absolute atomic E-state index is 0.0734. The summed E-state index contributed by atoms with van der Waals surface area (Å²) in [5.41, 5.74) is 48.9. The van der Waals surface area contributed by atoms with Crippen LogP contribution in [0.4, 0.5) is 0 Å². The Labute approximate surface area is 733 Å². The molecule has 6 atom stereocenters. The maximum Gasteiger partial charge on any atom is 0.101 e. The fourth-order valence-electron chi connectivity index (χ4n) is 23.4. The van der Waals surface area contributed by atoms with Gasteiger partial charge in [0.2, 0.25) is 0 Å². The van der Waals surface area contributed by atoms with E-state index in [1.807, 2.05) is 18.5 Å². The third-order valence-electron chi connectivity index (χ3n) is 29.0. The molecular formula is C122H84N4. The second-order valence-electron chi connectivity index (χ2n) is 36.2. The monoisotopic (exact) mass is 1600 g/mol. The third kappa shape index (κ3) is 10.9. The van der Waals surface area contributed by atoms with Crippen LogP contribution in [0.2, 0.25) is 0 Å². The summed E-state index contributed by atoms with van der Waals surface area (Å²) in [6, 6.07) is 85.1. The predicted molar refractivity (Wildman–Crippen MR) is 528 cm³/mol. The molecule has 0 saturated heterocycles. The van der Waals surface area contributed by atoms with Crippen molar-refractivity contribution < 1.29 is 0 Å². The molecule has 1 aromatic heterocycles. The average molecular weight is 1610 g/mol. The summed E-state index contributed by atoms with van der Waals surface area (Å²) in [4.78, 5) is 14.9. The normalized spacial score (nSPS) is 22.2. The molecule has 6 unspecified atom stereocenters. The van der Waals surface area contributed by atoms with E-state index in [-0.39, 0.29) is 41.3 Å². The molecule has 0 spiro atoms. The van der Waals surface area contributed by atoms with E-state index in [0.29, 0.717) is 0 Å². The Morgan fingerprint density at radius 1 is 0.317 bits per heavy atom. The van der Waals surface area contributed by atoms with Crippen molar-refractivity contribution in [1.29, 1.82) is 0 Å². The molecule has 4 nitrogen and oxygen atoms in total. The first-order chi connectivity index (χ1) is 62.1. The zero-order valence-corrected chi connectivity index (χ0v) is 70.4. The zero-order valence-electron chi connectivity index (χ0n) is 70.4. The molecule has 0 N–H and O–H groups in total. The van der Waals surface area contributed by atoms with Gasteiger partial charge in [-0.1, -0.05) is 330 Å². The van der Waals surface area contributed by atoms with Crippen LogP contribution in [0.1, 0.15) is 55.5 Å². The molecule has 0 bridgehead atoms. The Kier molecular flexibility index (Phi) is 16.0. The van der Waals surface area contributed by atoms with Gasteiger partial charge in [-0.15, -0.1) is 0 Å². The van der Waals surface area contributed by atoms with Crippen molar-refractivity contribution in [3.05, 3.63) is 522 Å². The van der Waals surface area contributed by atoms with Crippen molar-refractivity contribution in [2.24, 2.45) is 32.7 Å². The highest BCUT2D eigenvalue weighted by atomic mass is 15.0. The van der Waals surface area contributed by atoms with E-state index in [1.54, 1.807) is 0 Å². The highest BCUT2D eigenvalue weighted by molar-refractivity contribution is 6.23. The Morgan fingerprint density at radius 3 is 1.44 bits per heavy atom. The van der Waals surface area contributed by atoms with Crippen LogP contribution in [-0.2, 0) is 5.41 Å². The van der Waals surface area contributed by atoms with Crippen LogP contribution in [0.25, 0.3) is 110 Å². The van der Waals surface area contributed by atoms with Crippen LogP contribution < -0.4 is 0 Å². The smallest absolute Gasteiger partial charge is 0.101 e. The van der Waals surface area contributed by atoms with E-state index in [9.17, 15) is 0 Å². The van der Waals surface area contributed by atoms with Crippen molar-refractivity contribution in [3.8, 4) is 39.1 Å². The number of para-hydroxylation sites is 2. The van der Waals surface area contributed by atoms with E-state index < -0.39 is 0 Å². The molecule has 3 aliphatic heterocycles. The molecule has 16 aliphatic rings. The summed E-state index contributed by atoms with van der Waals surface area (Å²) in [5, 5.41) is 10.3. The minimum Gasteiger partial charge on any atom is -0.309 e. The lowest BCUT2D eigenvalue weighted by molar-refractivity contribution is 0.660. The predicted octanol–water partition coefficient (Wildman–Crippen LogP) is 28.9. The molecule has 592 valence electrons. The number of aromatic nitrogens is 1. The summed E-state index contributed by atoms with van der Waals surface area (Å²) in [6.45, 7) is 8.99. The number of dihydropyridines is 3. The lowest BCUT2D eigenvalue weighted by atomic mass is 9.65. The van der Waals surface area contributed by atoms with Gasteiger partial charge in [-0.05, 0) is 303 Å². The van der Waals surface area contributed by atoms with E-state index in [2.05, 4.69) is 415 Å². The Morgan fingerprint density at radius 2 is 0.802 bits per heavy atom. The third-order valence-corrected chi connectivity index (χ3v) is 29.0. The van der Waals surface area contributed by atoms with Crippen LogP contribution in [0.15, 0.2) is 509 Å². The van der Waals surface area contributed by atoms with E-state index in [4.69, 9.17) is 15.0 Å². The van der Waals surface area contributed by atoms with Gasteiger partial charge < -0.3 is 4.57 Å². The van der Waals surface area contributed by atoms with Crippen LogP contribution in [-0.4, -0.2) is 40.8 Å². The molecule has 0 radical (unpaired) electrons. The lowest BCUT2D eigenvalue weighted by Gasteiger charge is -2.40. The van der Waals surface area contributed by atoms with Gasteiger partial charge in [-0.3, -0.25) is 15.0 Å². The van der Waals surface area contributed by atoms with Gasteiger partial charge >= 0.3 is 0 Å². The zero-order chi connectivity index (χ0) is 83.3. The number of benzene rings is 11. The number of aliphatic imine (C=N–C) groups is 3. The Hall–Kier alpha value is -15.2. The fraction of sp³-hybridized carbons (Fsp3) is 0.0902. The second-order valence-corrected chi connectivity index (χ2v) is 36.2. The summed E-state index contributed by atoms with van der Waals surface area (Å²) in [6.07, 6.45) is 64.0. The van der Waals surface area contributed by atoms with Gasteiger partial charge in [0.15, 0.2) is 0 Å². The summed E-state index contributed by atoms with van der Waals surface area (Å²) < 4.78 is 2.38. The molecule has 28 rings (SSSR count). The maximum absolute atomic E-state index is 5.10. The van der Waals surface area contributed by atoms with Gasteiger partial charge in [0.05, 0.1) is 11.0 Å². The van der Waals surface area contributed by atoms with Crippen LogP contribution in [0, 0.1) is 17.8 Å². The first kappa shape index (κ1) is 72.4. The molecule has 12 aromatic rings. The molecule has 11 aromatic carbocycles. The fourth-order valence-corrected chi connectivity index (χ4v) is 23.4. The van der Waals surface area contributed by atoms with Gasteiger partial charge in [0.25, 0.3) is 0 Å². The van der Waals surface area contributed by atoms with E-state index >= 15 is 0 Å². The standard InChI is InChI=1S/C44H29N.C40H29N.C38H26N2/c1-26-17-18-30-25-29-21-23-37-38(22-19-28-20-24-39(44(30)45-26)41(29)40(28)37)43-35-14-6-4-12-33(35)42(34-13-5-7-15-36(34)43)32-16-8-10-27-9-2-3-11-31(27)32;1-40(2)35-22-26(24-7-4-3-5-8-24)12-16-31(35)32-17-13-27(23-36(32)40)30-15-10-25-11-19-34-38-28(14-18-33(30)37(25)38)21-29-9-6-20-41-39(29)34;1-23-19-27-20-26-13-16-31-29(15-11-24-12-17-32(37(26)36(24)31)38(27)39-22-23)25-14-18-35-33(21-25)30-9-5-6-10-34(30)40(35)28-7-3-2-4-8-28/h2-25,40,44H,1H3;3-23,37,39H,1-2H3;2-22,36,38H,1H3. The number of hydrogen-bond acceptors (Lipinski definition) is 3. The first-order valence-electron chi connectivity index (χ1n) is 44.5. The second kappa shape index (κ2) is 27.9. The molecule has 0 fully saturated rings. The van der Waals surface area contributed by atoms with Crippen molar-refractivity contribution in [2.75, 3.05) is 0 Å². The number of fused-ring (bicyclic) bond motifs is 15. The molecule has 126 heavy (non-hydrogen) atoms. The topological polar surface area (TPSA) is 42.0 Å². The molecule has 4 heteroatoms. The van der Waals surface area contributed by atoms with Crippen molar-refractivity contribution in [1.82, 2.24) is 4.57 Å². The number of allylic oxidation sites excluding steroid dienone is 36. The largest absolute Gasteiger partial charge is 0.309 e. The van der Waals surface area contributed by atoms with Crippen molar-refractivity contribution in [2.45, 2.75) is 51.2 Å². The van der Waals surface area contributed by atoms with Gasteiger partial charge in [0.1, 0.15) is 18.1 Å². The first-order valence-corrected chi connectivity index (χ1v) is 44.5. The molecule has 4 heterocycles. The Balaban J connectivity index is 0.000000101. The van der Waals surface area contributed by atoms with E-state index in [0.717, 1.165) is 5.71 Å². The van der Waals surface area contributed by atoms with Gasteiger partial charge in [0, 0.05) is 57.8 Å². The van der Waals surface area contributed by atoms with Crippen LogP contribution >= 0.6 is 0 Å². The highest BCUT2D eigenvalue weighted by Gasteiger charge is 2.45. The quantitative estimate of drug-likeness (QED) is 0.149. The number of nitrogens with zero attached hydrogens (tertiary/aromatic N) is 4. The summed E-state index contributed by atoms with van der Waals surface area (Å²) >= 11 is 0. The lowest BCUT2D eigenvalue weighted by Crippen LogP contribution is -2.29. The van der Waals surface area contributed by atoms with Gasteiger partial charge in [-0.25, -0.2) is 0 Å².